The molecule has 0 aliphatic carbocycles. The van der Waals surface area contributed by atoms with E-state index in [0.717, 1.165) is 5.56 Å². The predicted octanol–water partition coefficient (Wildman–Crippen LogP) is 4.33. The Morgan fingerprint density at radius 2 is 1.96 bits per heavy atom. The van der Waals surface area contributed by atoms with Gasteiger partial charge >= 0.3 is 0 Å². The molecule has 27 heavy (non-hydrogen) atoms. The first kappa shape index (κ1) is 19.2. The summed E-state index contributed by atoms with van der Waals surface area (Å²) in [7, 11) is 1.63. The Balaban J connectivity index is 1.74. The molecule has 1 amide bonds. The van der Waals surface area contributed by atoms with Crippen LogP contribution in [0, 0.1) is 6.92 Å². The molecule has 0 aromatic heterocycles. The van der Waals surface area contributed by atoms with Crippen LogP contribution in [0.2, 0.25) is 0 Å². The maximum Gasteiger partial charge on any atom is 0.255 e. The molecule has 0 fully saturated rings. The first-order chi connectivity index (χ1) is 12.8. The average molecular weight is 369 g/mol. The maximum absolute atomic E-state index is 12.7. The molecule has 5 nitrogen and oxygen atoms in total. The van der Waals surface area contributed by atoms with Crippen LogP contribution in [-0.2, 0) is 10.2 Å². The second kappa shape index (κ2) is 7.61. The summed E-state index contributed by atoms with van der Waals surface area (Å²) in [6.45, 7) is 9.34. The molecule has 1 aliphatic heterocycles. The zero-order valence-corrected chi connectivity index (χ0v) is 16.6. The van der Waals surface area contributed by atoms with Crippen molar-refractivity contribution in [1.29, 1.82) is 0 Å². The molecule has 1 aliphatic rings. The van der Waals surface area contributed by atoms with Crippen LogP contribution in [0.5, 0.6) is 11.5 Å². The van der Waals surface area contributed by atoms with Crippen molar-refractivity contribution in [2.45, 2.75) is 39.2 Å². The molecule has 0 saturated carbocycles. The minimum Gasteiger partial charge on any atom is -0.486 e. The van der Waals surface area contributed by atoms with Crippen molar-refractivity contribution in [3.8, 4) is 11.5 Å². The largest absolute Gasteiger partial charge is 0.486 e. The number of hydrogen-bond acceptors (Lipinski definition) is 4. The summed E-state index contributed by atoms with van der Waals surface area (Å²) in [5.41, 5.74) is 3.56. The Labute approximate surface area is 160 Å². The molecule has 0 radical (unpaired) electrons. The zero-order chi connectivity index (χ0) is 19.6. The van der Waals surface area contributed by atoms with Gasteiger partial charge in [-0.1, -0.05) is 32.9 Å². The van der Waals surface area contributed by atoms with Gasteiger partial charge in [0.25, 0.3) is 5.91 Å². The van der Waals surface area contributed by atoms with Gasteiger partial charge in [-0.2, -0.15) is 0 Å². The molecule has 1 heterocycles. The van der Waals surface area contributed by atoms with Crippen molar-refractivity contribution in [3.05, 3.63) is 53.1 Å². The van der Waals surface area contributed by atoms with Gasteiger partial charge in [0.15, 0.2) is 17.6 Å². The van der Waals surface area contributed by atoms with Crippen molar-refractivity contribution >= 4 is 11.6 Å². The number of anilines is 1. The first-order valence-electron chi connectivity index (χ1n) is 9.13. The highest BCUT2D eigenvalue weighted by Gasteiger charge is 2.22. The average Bonchev–Trinajstić information content (AvgIpc) is 2.61. The van der Waals surface area contributed by atoms with Crippen LogP contribution in [0.3, 0.4) is 0 Å². The SMILES string of the molecule is COCC1COc2cc(NC(=O)c3ccc(C(C)(C)C)cc3C)ccc2O1. The third-order valence-electron chi connectivity index (χ3n) is 4.61. The molecule has 0 spiro atoms. The van der Waals surface area contributed by atoms with E-state index in [4.69, 9.17) is 14.2 Å². The Morgan fingerprint density at radius 1 is 1.19 bits per heavy atom. The molecule has 5 heteroatoms. The quantitative estimate of drug-likeness (QED) is 0.871. The van der Waals surface area contributed by atoms with E-state index in [2.05, 4.69) is 32.2 Å². The summed E-state index contributed by atoms with van der Waals surface area (Å²) in [6, 6.07) is 11.4. The number of aryl methyl sites for hydroxylation is 1. The summed E-state index contributed by atoms with van der Waals surface area (Å²) >= 11 is 0. The van der Waals surface area contributed by atoms with Crippen LogP contribution >= 0.6 is 0 Å². The van der Waals surface area contributed by atoms with Crippen LogP contribution < -0.4 is 14.8 Å². The highest BCUT2D eigenvalue weighted by molar-refractivity contribution is 6.05. The lowest BCUT2D eigenvalue weighted by atomic mass is 9.85. The lowest BCUT2D eigenvalue weighted by molar-refractivity contribution is 0.0272. The Hall–Kier alpha value is -2.53. The van der Waals surface area contributed by atoms with E-state index in [9.17, 15) is 4.79 Å². The smallest absolute Gasteiger partial charge is 0.255 e. The third-order valence-corrected chi connectivity index (χ3v) is 4.61. The second-order valence-electron chi connectivity index (χ2n) is 7.90. The molecule has 1 atom stereocenters. The fraction of sp³-hybridized carbons (Fsp3) is 0.409. The van der Waals surface area contributed by atoms with Gasteiger partial charge in [0.2, 0.25) is 0 Å². The number of hydrogen-bond donors (Lipinski definition) is 1. The minimum absolute atomic E-state index is 0.0519. The Kier molecular flexibility index (Phi) is 5.42. The molecule has 0 saturated heterocycles. The van der Waals surface area contributed by atoms with Gasteiger partial charge in [-0.05, 0) is 41.7 Å². The number of fused-ring (bicyclic) bond motifs is 1. The van der Waals surface area contributed by atoms with Gasteiger partial charge in [0.05, 0.1) is 6.61 Å². The Bertz CT molecular complexity index is 839. The summed E-state index contributed by atoms with van der Waals surface area (Å²) in [4.78, 5) is 12.7. The predicted molar refractivity (Wildman–Crippen MR) is 106 cm³/mol. The molecule has 1 unspecified atom stereocenters. The number of methoxy groups -OCH3 is 1. The molecule has 1 N–H and O–H groups in total. The van der Waals surface area contributed by atoms with E-state index < -0.39 is 0 Å². The first-order valence-corrected chi connectivity index (χ1v) is 9.13. The van der Waals surface area contributed by atoms with Crippen molar-refractivity contribution < 1.29 is 19.0 Å². The van der Waals surface area contributed by atoms with E-state index in [-0.39, 0.29) is 17.4 Å². The van der Waals surface area contributed by atoms with Gasteiger partial charge in [0, 0.05) is 24.4 Å². The summed E-state index contributed by atoms with van der Waals surface area (Å²) < 4.78 is 16.7. The van der Waals surface area contributed by atoms with E-state index >= 15 is 0 Å². The lowest BCUT2D eigenvalue weighted by Gasteiger charge is -2.26. The van der Waals surface area contributed by atoms with Crippen LogP contribution in [0.4, 0.5) is 5.69 Å². The van der Waals surface area contributed by atoms with Gasteiger partial charge in [-0.15, -0.1) is 0 Å². The van der Waals surface area contributed by atoms with E-state index in [1.165, 1.54) is 5.56 Å². The van der Waals surface area contributed by atoms with E-state index in [1.807, 2.05) is 31.2 Å². The van der Waals surface area contributed by atoms with Gasteiger partial charge < -0.3 is 19.5 Å². The number of rotatable bonds is 4. The van der Waals surface area contributed by atoms with Gasteiger partial charge in [-0.25, -0.2) is 0 Å². The fourth-order valence-corrected chi connectivity index (χ4v) is 3.04. The highest BCUT2D eigenvalue weighted by atomic mass is 16.6. The van der Waals surface area contributed by atoms with Crippen molar-refractivity contribution in [3.63, 3.8) is 0 Å². The number of carbonyl (C=O) groups excluding carboxylic acids is 1. The summed E-state index contributed by atoms with van der Waals surface area (Å²) in [6.07, 6.45) is -0.119. The standard InChI is InChI=1S/C22H27NO4/c1-14-10-15(22(2,3)4)6-8-18(14)21(24)23-16-7-9-19-20(11-16)26-13-17(27-19)12-25-5/h6-11,17H,12-13H2,1-5H3,(H,23,24). The van der Waals surface area contributed by atoms with Crippen molar-refractivity contribution in [1.82, 2.24) is 0 Å². The van der Waals surface area contributed by atoms with Crippen LogP contribution in [0.15, 0.2) is 36.4 Å². The van der Waals surface area contributed by atoms with E-state index in [0.29, 0.717) is 36.0 Å². The summed E-state index contributed by atoms with van der Waals surface area (Å²) in [5, 5.41) is 2.94. The van der Waals surface area contributed by atoms with Crippen LogP contribution in [-0.4, -0.2) is 32.3 Å². The van der Waals surface area contributed by atoms with Gasteiger partial charge in [-0.3, -0.25) is 4.79 Å². The van der Waals surface area contributed by atoms with Gasteiger partial charge in [0.1, 0.15) is 6.61 Å². The molecule has 2 aromatic carbocycles. The molecule has 3 rings (SSSR count). The maximum atomic E-state index is 12.7. The summed E-state index contributed by atoms with van der Waals surface area (Å²) in [5.74, 6) is 1.15. The van der Waals surface area contributed by atoms with Crippen LogP contribution in [0.25, 0.3) is 0 Å². The number of amides is 1. The highest BCUT2D eigenvalue weighted by Crippen LogP contribution is 2.34. The zero-order valence-electron chi connectivity index (χ0n) is 16.6. The molecule has 0 bridgehead atoms. The monoisotopic (exact) mass is 369 g/mol. The van der Waals surface area contributed by atoms with Crippen molar-refractivity contribution in [2.75, 3.05) is 25.6 Å². The topological polar surface area (TPSA) is 56.8 Å². The normalized spacial score (nSPS) is 16.1. The molecular weight excluding hydrogens is 342 g/mol. The number of carbonyl (C=O) groups is 1. The minimum atomic E-state index is -0.137. The molecule has 144 valence electrons. The van der Waals surface area contributed by atoms with Crippen molar-refractivity contribution in [2.24, 2.45) is 0 Å². The second-order valence-corrected chi connectivity index (χ2v) is 7.90. The Morgan fingerprint density at radius 3 is 2.63 bits per heavy atom. The van der Waals surface area contributed by atoms with Crippen LogP contribution in [0.1, 0.15) is 42.3 Å². The number of benzene rings is 2. The fourth-order valence-electron chi connectivity index (χ4n) is 3.04. The molecule has 2 aromatic rings. The number of ether oxygens (including phenoxy) is 3. The third kappa shape index (κ3) is 4.42. The lowest BCUT2D eigenvalue weighted by Crippen LogP contribution is -2.33. The van der Waals surface area contributed by atoms with E-state index in [1.54, 1.807) is 13.2 Å². The molecular formula is C22H27NO4. The number of nitrogens with one attached hydrogen (secondary N) is 1.